The maximum atomic E-state index is 13.0. The topological polar surface area (TPSA) is 49.9 Å². The smallest absolute Gasteiger partial charge is 0.253 e. The highest BCUT2D eigenvalue weighted by molar-refractivity contribution is 5.86. The van der Waals surface area contributed by atoms with Gasteiger partial charge < -0.3 is 14.5 Å². The third-order valence-electron chi connectivity index (χ3n) is 3.38. The second kappa shape index (κ2) is 5.58. The van der Waals surface area contributed by atoms with Crippen molar-refractivity contribution in [2.75, 3.05) is 27.7 Å². The molecule has 108 valence electrons. The van der Waals surface area contributed by atoms with E-state index in [9.17, 15) is 14.0 Å². The van der Waals surface area contributed by atoms with Gasteiger partial charge in [-0.3, -0.25) is 9.59 Å². The standard InChI is InChI=1S/C14H17FN2O3/c1-16(2)14(19)13-12(17(3)11(18)8-20-13)9-4-6-10(15)7-5-9/h4-7,12-13H,8H2,1-3H3/t12-,13-/m1/s1. The molecule has 2 atom stereocenters. The van der Waals surface area contributed by atoms with E-state index in [4.69, 9.17) is 4.74 Å². The van der Waals surface area contributed by atoms with Crippen LogP contribution < -0.4 is 0 Å². The Hall–Kier alpha value is -1.95. The number of hydrogen-bond acceptors (Lipinski definition) is 3. The summed E-state index contributed by atoms with van der Waals surface area (Å²) < 4.78 is 18.4. The van der Waals surface area contributed by atoms with Gasteiger partial charge in [-0.15, -0.1) is 0 Å². The largest absolute Gasteiger partial charge is 0.356 e. The lowest BCUT2D eigenvalue weighted by Crippen LogP contribution is -2.52. The Morgan fingerprint density at radius 2 is 1.95 bits per heavy atom. The number of morpholine rings is 1. The Balaban J connectivity index is 2.37. The van der Waals surface area contributed by atoms with Crippen molar-refractivity contribution in [2.24, 2.45) is 0 Å². The fourth-order valence-electron chi connectivity index (χ4n) is 2.23. The molecule has 1 heterocycles. The molecular formula is C14H17FN2O3. The lowest BCUT2D eigenvalue weighted by Gasteiger charge is -2.39. The summed E-state index contributed by atoms with van der Waals surface area (Å²) >= 11 is 0. The van der Waals surface area contributed by atoms with E-state index in [1.165, 1.54) is 21.9 Å². The van der Waals surface area contributed by atoms with Crippen LogP contribution in [0, 0.1) is 5.82 Å². The van der Waals surface area contributed by atoms with Crippen LogP contribution in [0.15, 0.2) is 24.3 Å². The number of ether oxygens (including phenoxy) is 1. The molecule has 0 aliphatic carbocycles. The minimum absolute atomic E-state index is 0.127. The fourth-order valence-corrected chi connectivity index (χ4v) is 2.23. The lowest BCUT2D eigenvalue weighted by molar-refractivity contribution is -0.166. The minimum Gasteiger partial charge on any atom is -0.356 e. The number of likely N-dealkylation sites (N-methyl/N-ethyl adjacent to an activating group) is 2. The second-order valence-electron chi connectivity index (χ2n) is 4.97. The third-order valence-corrected chi connectivity index (χ3v) is 3.38. The number of nitrogens with zero attached hydrogens (tertiary/aromatic N) is 2. The first-order valence-electron chi connectivity index (χ1n) is 6.25. The SMILES string of the molecule is CN(C)C(=O)[C@@H]1OCC(=O)N(C)[C@@H]1c1ccc(F)cc1. The van der Waals surface area contributed by atoms with E-state index in [-0.39, 0.29) is 24.2 Å². The van der Waals surface area contributed by atoms with Gasteiger partial charge in [0, 0.05) is 21.1 Å². The number of hydrogen-bond donors (Lipinski definition) is 0. The lowest BCUT2D eigenvalue weighted by atomic mass is 9.97. The molecule has 1 saturated heterocycles. The van der Waals surface area contributed by atoms with Crippen molar-refractivity contribution in [3.63, 3.8) is 0 Å². The van der Waals surface area contributed by atoms with E-state index < -0.39 is 12.1 Å². The molecule has 0 N–H and O–H groups in total. The highest BCUT2D eigenvalue weighted by atomic mass is 19.1. The molecule has 1 aromatic rings. The number of carbonyl (C=O) groups excluding carboxylic acids is 2. The van der Waals surface area contributed by atoms with E-state index in [2.05, 4.69) is 0 Å². The van der Waals surface area contributed by atoms with Crippen LogP contribution in [0.3, 0.4) is 0 Å². The summed E-state index contributed by atoms with van der Waals surface area (Å²) in [6, 6.07) is 5.19. The molecular weight excluding hydrogens is 263 g/mol. The normalized spacial score (nSPS) is 22.8. The van der Waals surface area contributed by atoms with Gasteiger partial charge in [-0.05, 0) is 17.7 Å². The Labute approximate surface area is 116 Å². The molecule has 0 spiro atoms. The summed E-state index contributed by atoms with van der Waals surface area (Å²) in [7, 11) is 4.88. The van der Waals surface area contributed by atoms with Gasteiger partial charge in [0.05, 0.1) is 6.04 Å². The predicted molar refractivity (Wildman–Crippen MR) is 70.3 cm³/mol. The fraction of sp³-hybridized carbons (Fsp3) is 0.429. The number of amides is 2. The third kappa shape index (κ3) is 2.65. The molecule has 2 rings (SSSR count). The van der Waals surface area contributed by atoms with E-state index in [1.807, 2.05) is 0 Å². The molecule has 0 radical (unpaired) electrons. The highest BCUT2D eigenvalue weighted by Crippen LogP contribution is 2.29. The van der Waals surface area contributed by atoms with Crippen molar-refractivity contribution >= 4 is 11.8 Å². The van der Waals surface area contributed by atoms with Gasteiger partial charge in [-0.25, -0.2) is 4.39 Å². The van der Waals surface area contributed by atoms with Crippen molar-refractivity contribution in [1.29, 1.82) is 0 Å². The van der Waals surface area contributed by atoms with Crippen LogP contribution in [0.25, 0.3) is 0 Å². The average Bonchev–Trinajstić information content (AvgIpc) is 2.42. The van der Waals surface area contributed by atoms with E-state index >= 15 is 0 Å². The van der Waals surface area contributed by atoms with Gasteiger partial charge in [0.2, 0.25) is 5.91 Å². The van der Waals surface area contributed by atoms with Crippen LogP contribution in [0.2, 0.25) is 0 Å². The summed E-state index contributed by atoms with van der Waals surface area (Å²) in [6.07, 6.45) is -0.779. The summed E-state index contributed by atoms with van der Waals surface area (Å²) in [5.41, 5.74) is 0.669. The van der Waals surface area contributed by atoms with Gasteiger partial charge >= 0.3 is 0 Å². The first-order chi connectivity index (χ1) is 9.41. The van der Waals surface area contributed by atoms with Crippen LogP contribution in [0.4, 0.5) is 4.39 Å². The van der Waals surface area contributed by atoms with Gasteiger partial charge in [-0.2, -0.15) is 0 Å². The molecule has 0 unspecified atom stereocenters. The molecule has 20 heavy (non-hydrogen) atoms. The predicted octanol–water partition coefficient (Wildman–Crippen LogP) is 0.812. The van der Waals surface area contributed by atoms with Gasteiger partial charge in [0.15, 0.2) is 6.10 Å². The van der Waals surface area contributed by atoms with Crippen molar-refractivity contribution in [2.45, 2.75) is 12.1 Å². The monoisotopic (exact) mass is 280 g/mol. The Morgan fingerprint density at radius 3 is 2.50 bits per heavy atom. The summed E-state index contributed by atoms with van der Waals surface area (Å²) in [5.74, 6) is -0.796. The Morgan fingerprint density at radius 1 is 1.35 bits per heavy atom. The van der Waals surface area contributed by atoms with Gasteiger partial charge in [0.1, 0.15) is 12.4 Å². The molecule has 1 aliphatic heterocycles. The van der Waals surface area contributed by atoms with Crippen LogP contribution in [0.1, 0.15) is 11.6 Å². The molecule has 5 nitrogen and oxygen atoms in total. The summed E-state index contributed by atoms with van der Waals surface area (Å²) in [4.78, 5) is 26.9. The molecule has 1 fully saturated rings. The van der Waals surface area contributed by atoms with Crippen molar-refractivity contribution in [3.05, 3.63) is 35.6 Å². The van der Waals surface area contributed by atoms with Crippen molar-refractivity contribution in [3.8, 4) is 0 Å². The highest BCUT2D eigenvalue weighted by Gasteiger charge is 2.40. The number of rotatable bonds is 2. The molecule has 0 aromatic heterocycles. The molecule has 0 saturated carbocycles. The zero-order valence-corrected chi connectivity index (χ0v) is 11.7. The summed E-state index contributed by atoms with van der Waals surface area (Å²) in [5, 5.41) is 0. The summed E-state index contributed by atoms with van der Waals surface area (Å²) in [6.45, 7) is -0.127. The number of benzene rings is 1. The average molecular weight is 280 g/mol. The zero-order valence-electron chi connectivity index (χ0n) is 11.7. The first-order valence-corrected chi connectivity index (χ1v) is 6.25. The number of carbonyl (C=O) groups is 2. The van der Waals surface area contributed by atoms with Gasteiger partial charge in [-0.1, -0.05) is 12.1 Å². The second-order valence-corrected chi connectivity index (χ2v) is 4.97. The van der Waals surface area contributed by atoms with E-state index in [0.29, 0.717) is 5.56 Å². The zero-order chi connectivity index (χ0) is 14.9. The molecule has 6 heteroatoms. The quantitative estimate of drug-likeness (QED) is 0.805. The van der Waals surface area contributed by atoms with Crippen LogP contribution in [-0.2, 0) is 14.3 Å². The van der Waals surface area contributed by atoms with Gasteiger partial charge in [0.25, 0.3) is 5.91 Å². The van der Waals surface area contributed by atoms with Crippen molar-refractivity contribution in [1.82, 2.24) is 9.80 Å². The van der Waals surface area contributed by atoms with Crippen LogP contribution in [0.5, 0.6) is 0 Å². The van der Waals surface area contributed by atoms with E-state index in [0.717, 1.165) is 0 Å². The molecule has 0 bridgehead atoms. The van der Waals surface area contributed by atoms with Crippen molar-refractivity contribution < 1.29 is 18.7 Å². The Bertz CT molecular complexity index is 516. The molecule has 2 amide bonds. The Kier molecular flexibility index (Phi) is 4.04. The number of halogens is 1. The molecule has 1 aromatic carbocycles. The minimum atomic E-state index is -0.779. The first kappa shape index (κ1) is 14.5. The molecule has 1 aliphatic rings. The van der Waals surface area contributed by atoms with Crippen LogP contribution >= 0.6 is 0 Å². The maximum absolute atomic E-state index is 13.0. The van der Waals surface area contributed by atoms with Crippen LogP contribution in [-0.4, -0.2) is 55.5 Å². The maximum Gasteiger partial charge on any atom is 0.253 e. The van der Waals surface area contributed by atoms with E-state index in [1.54, 1.807) is 33.3 Å².